The molecule has 27 heavy (non-hydrogen) atoms. The summed E-state index contributed by atoms with van der Waals surface area (Å²) >= 11 is 3.20. The molecule has 0 atom stereocenters. The van der Waals surface area contributed by atoms with E-state index >= 15 is 0 Å². The van der Waals surface area contributed by atoms with Crippen molar-refractivity contribution in [3.05, 3.63) is 50.6 Å². The fourth-order valence-electron chi connectivity index (χ4n) is 3.00. The Hall–Kier alpha value is -2.10. The van der Waals surface area contributed by atoms with E-state index in [0.29, 0.717) is 4.73 Å². The van der Waals surface area contributed by atoms with Crippen LogP contribution in [0.4, 0.5) is 13.2 Å². The largest absolute Gasteiger partial charge is 0.416 e. The van der Waals surface area contributed by atoms with Gasteiger partial charge in [0.1, 0.15) is 6.54 Å². The van der Waals surface area contributed by atoms with Crippen molar-refractivity contribution >= 4 is 21.8 Å². The Bertz CT molecular complexity index is 929. The van der Waals surface area contributed by atoms with Gasteiger partial charge in [-0.3, -0.25) is 9.36 Å². The van der Waals surface area contributed by atoms with Crippen molar-refractivity contribution in [2.45, 2.75) is 51.0 Å². The fourth-order valence-corrected chi connectivity index (χ4v) is 3.64. The van der Waals surface area contributed by atoms with E-state index < -0.39 is 28.9 Å². The molecule has 0 aliphatic heterocycles. The van der Waals surface area contributed by atoms with Crippen LogP contribution in [0, 0.1) is 0 Å². The Morgan fingerprint density at radius 1 is 1.26 bits per heavy atom. The number of halogens is 4. The minimum atomic E-state index is -4.54. The standard InChI is InChI=1S/C17H18BrF3N4O2/c1-16(2,11-5-3-4-6-12(11)17(19,20)21)22-13(26)9-24-15(27)25(10-7-8-10)14(18)23-24/h3-6,10H,7-9H2,1-2H3,(H,22,26). The van der Waals surface area contributed by atoms with Crippen molar-refractivity contribution in [3.8, 4) is 0 Å². The minimum absolute atomic E-state index is 0.0529. The smallest absolute Gasteiger partial charge is 0.346 e. The lowest BCUT2D eigenvalue weighted by atomic mass is 9.89. The number of hydrogen-bond donors (Lipinski definition) is 1. The average Bonchev–Trinajstić information content (AvgIpc) is 3.33. The van der Waals surface area contributed by atoms with Crippen LogP contribution in [0.15, 0.2) is 33.8 Å². The summed E-state index contributed by atoms with van der Waals surface area (Å²) in [5.74, 6) is -0.605. The summed E-state index contributed by atoms with van der Waals surface area (Å²) in [4.78, 5) is 24.7. The van der Waals surface area contributed by atoms with Gasteiger partial charge in [0.15, 0.2) is 0 Å². The van der Waals surface area contributed by atoms with E-state index in [-0.39, 0.29) is 18.2 Å². The van der Waals surface area contributed by atoms with Crippen LogP contribution in [-0.2, 0) is 23.1 Å². The number of aromatic nitrogens is 3. The van der Waals surface area contributed by atoms with E-state index in [4.69, 9.17) is 0 Å². The van der Waals surface area contributed by atoms with Gasteiger partial charge < -0.3 is 5.32 Å². The molecular weight excluding hydrogens is 429 g/mol. The molecule has 6 nitrogen and oxygen atoms in total. The maximum atomic E-state index is 13.3. The van der Waals surface area contributed by atoms with Crippen LogP contribution >= 0.6 is 15.9 Å². The molecule has 1 fully saturated rings. The number of nitrogens with one attached hydrogen (secondary N) is 1. The average molecular weight is 447 g/mol. The molecule has 1 saturated carbocycles. The first kappa shape index (κ1) is 19.7. The van der Waals surface area contributed by atoms with Crippen LogP contribution in [0.1, 0.15) is 43.9 Å². The van der Waals surface area contributed by atoms with Crippen molar-refractivity contribution in [2.24, 2.45) is 0 Å². The third-order valence-corrected chi connectivity index (χ3v) is 4.93. The first-order valence-corrected chi connectivity index (χ1v) is 9.12. The quantitative estimate of drug-likeness (QED) is 0.766. The molecule has 0 unspecified atom stereocenters. The molecule has 0 bridgehead atoms. The first-order chi connectivity index (χ1) is 12.5. The Kier molecular flexibility index (Phi) is 4.96. The predicted molar refractivity (Wildman–Crippen MR) is 95.1 cm³/mol. The summed E-state index contributed by atoms with van der Waals surface area (Å²) in [7, 11) is 0. The van der Waals surface area contributed by atoms with Crippen molar-refractivity contribution in [1.82, 2.24) is 19.7 Å². The molecule has 1 heterocycles. The number of benzene rings is 1. The molecule has 10 heteroatoms. The summed E-state index contributed by atoms with van der Waals surface area (Å²) in [5.41, 5.74) is -2.58. The molecule has 2 aromatic rings. The van der Waals surface area contributed by atoms with E-state index in [0.717, 1.165) is 23.6 Å². The molecule has 0 saturated heterocycles. The van der Waals surface area contributed by atoms with Gasteiger partial charge in [-0.1, -0.05) is 18.2 Å². The van der Waals surface area contributed by atoms with Crippen LogP contribution in [-0.4, -0.2) is 20.3 Å². The van der Waals surface area contributed by atoms with Crippen molar-refractivity contribution in [3.63, 3.8) is 0 Å². The second-order valence-electron chi connectivity index (χ2n) is 7.03. The zero-order valence-corrected chi connectivity index (χ0v) is 16.3. The molecule has 1 aliphatic carbocycles. The Balaban J connectivity index is 1.80. The minimum Gasteiger partial charge on any atom is -0.346 e. The van der Waals surface area contributed by atoms with Crippen molar-refractivity contribution in [2.75, 3.05) is 0 Å². The predicted octanol–water partition coefficient (Wildman–Crippen LogP) is 3.21. The number of rotatable bonds is 5. The van der Waals surface area contributed by atoms with Crippen LogP contribution in [0.25, 0.3) is 0 Å². The topological polar surface area (TPSA) is 68.9 Å². The third kappa shape index (κ3) is 4.10. The number of nitrogens with zero attached hydrogens (tertiary/aromatic N) is 3. The highest BCUT2D eigenvalue weighted by Gasteiger charge is 2.38. The van der Waals surface area contributed by atoms with Crippen LogP contribution in [0.2, 0.25) is 0 Å². The lowest BCUT2D eigenvalue weighted by molar-refractivity contribution is -0.139. The van der Waals surface area contributed by atoms with Gasteiger partial charge in [0.2, 0.25) is 10.6 Å². The zero-order valence-electron chi connectivity index (χ0n) is 14.7. The molecule has 1 N–H and O–H groups in total. The van der Waals surface area contributed by atoms with Crippen molar-refractivity contribution < 1.29 is 18.0 Å². The van der Waals surface area contributed by atoms with Gasteiger partial charge >= 0.3 is 11.9 Å². The molecule has 1 aliphatic rings. The highest BCUT2D eigenvalue weighted by Crippen LogP contribution is 2.37. The van der Waals surface area contributed by atoms with Gasteiger partial charge in [-0.15, -0.1) is 5.10 Å². The fraction of sp³-hybridized carbons (Fsp3) is 0.471. The second-order valence-corrected chi connectivity index (χ2v) is 7.74. The number of hydrogen-bond acceptors (Lipinski definition) is 3. The normalized spacial score (nSPS) is 15.0. The Morgan fingerprint density at radius 3 is 2.41 bits per heavy atom. The maximum absolute atomic E-state index is 13.3. The van der Waals surface area contributed by atoms with E-state index in [9.17, 15) is 22.8 Å². The maximum Gasteiger partial charge on any atom is 0.416 e. The number of carbonyl (C=O) groups is 1. The van der Waals surface area contributed by atoms with Gasteiger partial charge in [0, 0.05) is 6.04 Å². The summed E-state index contributed by atoms with van der Waals surface area (Å²) in [6, 6.07) is 5.16. The van der Waals surface area contributed by atoms with Gasteiger partial charge in [0.05, 0.1) is 11.1 Å². The van der Waals surface area contributed by atoms with Gasteiger partial charge in [-0.05, 0) is 54.2 Å². The van der Waals surface area contributed by atoms with Crippen LogP contribution in [0.5, 0.6) is 0 Å². The van der Waals surface area contributed by atoms with E-state index in [1.165, 1.54) is 36.6 Å². The lowest BCUT2D eigenvalue weighted by Gasteiger charge is -2.29. The molecule has 1 aromatic carbocycles. The molecule has 146 valence electrons. The van der Waals surface area contributed by atoms with Crippen LogP contribution < -0.4 is 11.0 Å². The summed E-state index contributed by atoms with van der Waals surface area (Å²) in [6.45, 7) is 2.59. The number of amides is 1. The van der Waals surface area contributed by atoms with Gasteiger partial charge in [0.25, 0.3) is 0 Å². The lowest BCUT2D eigenvalue weighted by Crippen LogP contribution is -2.44. The van der Waals surface area contributed by atoms with Gasteiger partial charge in [-0.25, -0.2) is 9.48 Å². The number of alkyl halides is 3. The van der Waals surface area contributed by atoms with E-state index in [1.807, 2.05) is 0 Å². The monoisotopic (exact) mass is 446 g/mol. The molecule has 0 spiro atoms. The highest BCUT2D eigenvalue weighted by atomic mass is 79.9. The zero-order chi connectivity index (χ0) is 20.0. The van der Waals surface area contributed by atoms with E-state index in [2.05, 4.69) is 26.3 Å². The summed E-state index contributed by atoms with van der Waals surface area (Å²) in [5, 5.41) is 6.59. The van der Waals surface area contributed by atoms with Crippen molar-refractivity contribution in [1.29, 1.82) is 0 Å². The van der Waals surface area contributed by atoms with Gasteiger partial charge in [-0.2, -0.15) is 13.2 Å². The molecule has 1 amide bonds. The van der Waals surface area contributed by atoms with E-state index in [1.54, 1.807) is 0 Å². The second kappa shape index (κ2) is 6.81. The highest BCUT2D eigenvalue weighted by molar-refractivity contribution is 9.10. The molecule has 3 rings (SSSR count). The number of carbonyl (C=O) groups excluding carboxylic acids is 1. The Labute approximate surface area is 161 Å². The molecule has 1 aromatic heterocycles. The first-order valence-electron chi connectivity index (χ1n) is 8.33. The summed E-state index contributed by atoms with van der Waals surface area (Å²) < 4.78 is 42.6. The third-order valence-electron chi connectivity index (χ3n) is 4.39. The SMILES string of the molecule is CC(C)(NC(=O)Cn1nc(Br)n(C2CC2)c1=O)c1ccccc1C(F)(F)F. The summed E-state index contributed by atoms with van der Waals surface area (Å²) in [6.07, 6.45) is -2.79. The molecule has 0 radical (unpaired) electrons. The molecular formula is C17H18BrF3N4O2. The Morgan fingerprint density at radius 2 is 1.85 bits per heavy atom. The van der Waals surface area contributed by atoms with Crippen LogP contribution in [0.3, 0.4) is 0 Å².